The highest BCUT2D eigenvalue weighted by molar-refractivity contribution is 7.89. The molecule has 2 aromatic rings. The quantitative estimate of drug-likeness (QED) is 0.761. The van der Waals surface area contributed by atoms with Crippen LogP contribution in [0.4, 0.5) is 0 Å². The normalized spacial score (nSPS) is 15.8. The molecule has 28 heavy (non-hydrogen) atoms. The monoisotopic (exact) mass is 404 g/mol. The Balaban J connectivity index is 1.58. The van der Waals surface area contributed by atoms with Crippen molar-refractivity contribution in [1.29, 1.82) is 0 Å². The van der Waals surface area contributed by atoms with E-state index in [1.807, 2.05) is 30.3 Å². The van der Waals surface area contributed by atoms with E-state index in [4.69, 9.17) is 9.47 Å². The molecule has 1 aliphatic heterocycles. The first-order valence-corrected chi connectivity index (χ1v) is 10.6. The molecule has 1 N–H and O–H groups in total. The van der Waals surface area contributed by atoms with E-state index in [9.17, 15) is 13.2 Å². The lowest BCUT2D eigenvalue weighted by molar-refractivity contribution is -0.142. The van der Waals surface area contributed by atoms with Crippen LogP contribution in [-0.4, -0.2) is 51.6 Å². The maximum atomic E-state index is 12.4. The van der Waals surface area contributed by atoms with Crippen LogP contribution in [0.15, 0.2) is 59.5 Å². The first-order chi connectivity index (χ1) is 13.5. The third-order valence-corrected chi connectivity index (χ3v) is 5.84. The number of morpholine rings is 1. The Labute approximate surface area is 165 Å². The number of benzene rings is 2. The average Bonchev–Trinajstić information content (AvgIpc) is 2.73. The van der Waals surface area contributed by atoms with Crippen LogP contribution in [0.1, 0.15) is 12.5 Å². The van der Waals surface area contributed by atoms with Crippen molar-refractivity contribution in [3.8, 4) is 5.75 Å². The fourth-order valence-electron chi connectivity index (χ4n) is 2.85. The summed E-state index contributed by atoms with van der Waals surface area (Å²) in [5.74, 6) is 0.334. The molecule has 0 aromatic heterocycles. The molecule has 1 atom stereocenters. The number of carbonyl (C=O) groups excluding carboxylic acids is 1. The van der Waals surface area contributed by atoms with Crippen molar-refractivity contribution in [3.63, 3.8) is 0 Å². The van der Waals surface area contributed by atoms with Crippen molar-refractivity contribution in [3.05, 3.63) is 60.2 Å². The van der Waals surface area contributed by atoms with Crippen molar-refractivity contribution in [1.82, 2.24) is 9.62 Å². The third-order valence-electron chi connectivity index (χ3n) is 4.43. The summed E-state index contributed by atoms with van der Waals surface area (Å²) in [6.45, 7) is 4.06. The molecule has 1 heterocycles. The molecule has 0 radical (unpaired) electrons. The molecule has 150 valence electrons. The number of nitrogens with one attached hydrogen (secondary N) is 1. The molecule has 3 rings (SSSR count). The summed E-state index contributed by atoms with van der Waals surface area (Å²) in [4.78, 5) is 14.2. The van der Waals surface area contributed by atoms with Gasteiger partial charge in [0.05, 0.1) is 18.1 Å². The number of amides is 1. The maximum absolute atomic E-state index is 12.4. The summed E-state index contributed by atoms with van der Waals surface area (Å²) in [6, 6.07) is 15.3. The van der Waals surface area contributed by atoms with Crippen molar-refractivity contribution in [2.45, 2.75) is 24.5 Å². The summed E-state index contributed by atoms with van der Waals surface area (Å²) in [5, 5.41) is 0. The van der Waals surface area contributed by atoms with E-state index in [1.165, 1.54) is 12.1 Å². The minimum Gasteiger partial charge on any atom is -0.481 e. The fraction of sp³-hybridized carbons (Fsp3) is 0.350. The van der Waals surface area contributed by atoms with E-state index < -0.39 is 16.1 Å². The summed E-state index contributed by atoms with van der Waals surface area (Å²) in [6.07, 6.45) is -0.656. The molecule has 1 saturated heterocycles. The lowest BCUT2D eigenvalue weighted by atomic mass is 10.2. The molecule has 2 aromatic carbocycles. The summed E-state index contributed by atoms with van der Waals surface area (Å²) >= 11 is 0. The third kappa shape index (κ3) is 5.31. The molecule has 1 fully saturated rings. The van der Waals surface area contributed by atoms with Gasteiger partial charge in [-0.2, -0.15) is 0 Å². The minimum atomic E-state index is -3.63. The Morgan fingerprint density at radius 3 is 2.39 bits per heavy atom. The molecule has 0 bridgehead atoms. The second-order valence-electron chi connectivity index (χ2n) is 6.48. The molecule has 0 saturated carbocycles. The molecule has 0 unspecified atom stereocenters. The molecule has 8 heteroatoms. The van der Waals surface area contributed by atoms with Crippen molar-refractivity contribution in [2.24, 2.45) is 0 Å². The van der Waals surface area contributed by atoms with Gasteiger partial charge in [0.2, 0.25) is 10.0 Å². The predicted octanol–water partition coefficient (Wildman–Crippen LogP) is 1.79. The first-order valence-electron chi connectivity index (χ1n) is 9.12. The molecule has 0 spiro atoms. The molecular weight excluding hydrogens is 380 g/mol. The van der Waals surface area contributed by atoms with Gasteiger partial charge in [-0.25, -0.2) is 13.1 Å². The van der Waals surface area contributed by atoms with Gasteiger partial charge in [0.15, 0.2) is 6.10 Å². The van der Waals surface area contributed by atoms with Crippen LogP contribution in [-0.2, 0) is 26.1 Å². The van der Waals surface area contributed by atoms with Crippen LogP contribution in [0.2, 0.25) is 0 Å². The van der Waals surface area contributed by atoms with E-state index in [-0.39, 0.29) is 17.3 Å². The molecule has 0 aliphatic carbocycles. The van der Waals surface area contributed by atoms with Crippen LogP contribution in [0, 0.1) is 0 Å². The van der Waals surface area contributed by atoms with Gasteiger partial charge in [-0.3, -0.25) is 4.79 Å². The van der Waals surface area contributed by atoms with Gasteiger partial charge >= 0.3 is 0 Å². The second kappa shape index (κ2) is 9.18. The molecule has 7 nitrogen and oxygen atoms in total. The zero-order chi connectivity index (χ0) is 20.0. The number of hydrogen-bond donors (Lipinski definition) is 1. The van der Waals surface area contributed by atoms with Crippen LogP contribution in [0.3, 0.4) is 0 Å². The number of rotatable bonds is 7. The van der Waals surface area contributed by atoms with E-state index in [0.29, 0.717) is 32.1 Å². The highest BCUT2D eigenvalue weighted by atomic mass is 32.2. The minimum absolute atomic E-state index is 0.107. The van der Waals surface area contributed by atoms with E-state index >= 15 is 0 Å². The van der Waals surface area contributed by atoms with E-state index in [0.717, 1.165) is 5.56 Å². The Hall–Kier alpha value is -2.42. The van der Waals surface area contributed by atoms with Gasteiger partial charge in [-0.05, 0) is 36.8 Å². The predicted molar refractivity (Wildman–Crippen MR) is 104 cm³/mol. The zero-order valence-electron chi connectivity index (χ0n) is 15.7. The number of nitrogens with zero attached hydrogens (tertiary/aromatic N) is 1. The Kier molecular flexibility index (Phi) is 6.66. The first kappa shape index (κ1) is 20.3. The second-order valence-corrected chi connectivity index (χ2v) is 8.25. The SMILES string of the molecule is C[C@H](Oc1ccc(S(=O)(=O)NCc2ccccc2)cc1)C(=O)N1CCOCC1. The number of ether oxygens (including phenoxy) is 2. The molecular formula is C20H24N2O5S. The zero-order valence-corrected chi connectivity index (χ0v) is 16.5. The molecule has 1 aliphatic rings. The summed E-state index contributed by atoms with van der Waals surface area (Å²) < 4.78 is 38.4. The van der Waals surface area contributed by atoms with Crippen LogP contribution in [0.5, 0.6) is 5.75 Å². The number of sulfonamides is 1. The molecule has 1 amide bonds. The largest absolute Gasteiger partial charge is 0.481 e. The summed E-state index contributed by atoms with van der Waals surface area (Å²) in [5.41, 5.74) is 0.876. The highest BCUT2D eigenvalue weighted by Crippen LogP contribution is 2.18. The van der Waals surface area contributed by atoms with Crippen LogP contribution < -0.4 is 9.46 Å². The van der Waals surface area contributed by atoms with Gasteiger partial charge in [0, 0.05) is 19.6 Å². The number of carbonyl (C=O) groups is 1. The highest BCUT2D eigenvalue weighted by Gasteiger charge is 2.24. The van der Waals surface area contributed by atoms with Crippen molar-refractivity contribution >= 4 is 15.9 Å². The van der Waals surface area contributed by atoms with Gasteiger partial charge in [0.1, 0.15) is 5.75 Å². The Morgan fingerprint density at radius 2 is 1.75 bits per heavy atom. The average molecular weight is 404 g/mol. The maximum Gasteiger partial charge on any atom is 0.263 e. The van der Waals surface area contributed by atoms with Gasteiger partial charge < -0.3 is 14.4 Å². The van der Waals surface area contributed by atoms with Gasteiger partial charge in [0.25, 0.3) is 5.91 Å². The standard InChI is InChI=1S/C20H24N2O5S/c1-16(20(23)22-11-13-26-14-12-22)27-18-7-9-19(10-8-18)28(24,25)21-15-17-5-3-2-4-6-17/h2-10,16,21H,11-15H2,1H3/t16-/m0/s1. The van der Waals surface area contributed by atoms with Crippen LogP contribution >= 0.6 is 0 Å². The summed E-state index contributed by atoms with van der Waals surface area (Å²) in [7, 11) is -3.63. The van der Waals surface area contributed by atoms with Crippen molar-refractivity contribution in [2.75, 3.05) is 26.3 Å². The smallest absolute Gasteiger partial charge is 0.263 e. The van der Waals surface area contributed by atoms with Crippen molar-refractivity contribution < 1.29 is 22.7 Å². The Bertz CT molecular complexity index is 879. The number of hydrogen-bond acceptors (Lipinski definition) is 5. The van der Waals surface area contributed by atoms with E-state index in [2.05, 4.69) is 4.72 Å². The van der Waals surface area contributed by atoms with Crippen LogP contribution in [0.25, 0.3) is 0 Å². The van der Waals surface area contributed by atoms with E-state index in [1.54, 1.807) is 24.0 Å². The van der Waals surface area contributed by atoms with Gasteiger partial charge in [-0.1, -0.05) is 30.3 Å². The lowest BCUT2D eigenvalue weighted by Crippen LogP contribution is -2.46. The van der Waals surface area contributed by atoms with Gasteiger partial charge in [-0.15, -0.1) is 0 Å². The lowest BCUT2D eigenvalue weighted by Gasteiger charge is -2.29. The fourth-order valence-corrected chi connectivity index (χ4v) is 3.87. The Morgan fingerprint density at radius 1 is 1.11 bits per heavy atom. The topological polar surface area (TPSA) is 84.9 Å².